The average molecular weight is 416 g/mol. The summed E-state index contributed by atoms with van der Waals surface area (Å²) in [7, 11) is 0. The number of nitrogens with zero attached hydrogens (tertiary/aromatic N) is 4. The summed E-state index contributed by atoms with van der Waals surface area (Å²) in [5.74, 6) is 0.852. The molecule has 30 heavy (non-hydrogen) atoms. The van der Waals surface area contributed by atoms with E-state index in [-0.39, 0.29) is 5.91 Å². The molecule has 0 bridgehead atoms. The van der Waals surface area contributed by atoms with E-state index in [1.54, 1.807) is 36.1 Å². The smallest absolute Gasteiger partial charge is 0.368 e. The molecule has 0 atom stereocenters. The Bertz CT molecular complexity index is 1020. The van der Waals surface area contributed by atoms with Crippen LogP contribution in [-0.2, 0) is 6.18 Å². The molecule has 1 fully saturated rings. The van der Waals surface area contributed by atoms with E-state index in [0.717, 1.165) is 23.4 Å². The second-order valence-corrected chi connectivity index (χ2v) is 7.04. The molecule has 1 aliphatic rings. The SMILES string of the molecule is Cc1nc(-c2ccc(C(=O)N3CCN(c4ccc(C(F)(F)F)cc4)CC3)cc2)no1. The van der Waals surface area contributed by atoms with E-state index >= 15 is 0 Å². The molecule has 1 aliphatic heterocycles. The summed E-state index contributed by atoms with van der Waals surface area (Å²) in [6.45, 7) is 3.80. The van der Waals surface area contributed by atoms with Crippen LogP contribution in [0.4, 0.5) is 18.9 Å². The molecule has 2 aromatic carbocycles. The van der Waals surface area contributed by atoms with Crippen LogP contribution in [0.2, 0.25) is 0 Å². The van der Waals surface area contributed by atoms with Crippen molar-refractivity contribution in [1.29, 1.82) is 0 Å². The number of piperazine rings is 1. The topological polar surface area (TPSA) is 62.5 Å². The van der Waals surface area contributed by atoms with Gasteiger partial charge in [-0.1, -0.05) is 17.3 Å². The first kappa shape index (κ1) is 19.9. The minimum Gasteiger partial charge on any atom is -0.368 e. The van der Waals surface area contributed by atoms with E-state index in [0.29, 0.717) is 43.5 Å². The summed E-state index contributed by atoms with van der Waals surface area (Å²) in [5, 5.41) is 3.86. The molecule has 0 spiro atoms. The standard InChI is InChI=1S/C21H19F3N4O2/c1-14-25-19(26-30-14)15-2-4-16(5-3-15)20(29)28-12-10-27(11-13-28)18-8-6-17(7-9-18)21(22,23)24/h2-9H,10-13H2,1H3. The largest absolute Gasteiger partial charge is 0.416 e. The second kappa shape index (κ2) is 7.81. The molecule has 0 N–H and O–H groups in total. The zero-order valence-electron chi connectivity index (χ0n) is 16.2. The van der Waals surface area contributed by atoms with E-state index in [4.69, 9.17) is 4.52 Å². The lowest BCUT2D eigenvalue weighted by molar-refractivity contribution is -0.137. The molecule has 1 amide bonds. The zero-order chi connectivity index (χ0) is 21.3. The van der Waals surface area contributed by atoms with Crippen LogP contribution in [-0.4, -0.2) is 47.1 Å². The molecule has 1 saturated heterocycles. The molecule has 0 saturated carbocycles. The molecular formula is C21H19F3N4O2. The number of carbonyl (C=O) groups excluding carboxylic acids is 1. The second-order valence-electron chi connectivity index (χ2n) is 7.04. The van der Waals surface area contributed by atoms with E-state index in [1.165, 1.54) is 12.1 Å². The first-order valence-corrected chi connectivity index (χ1v) is 9.43. The van der Waals surface area contributed by atoms with Gasteiger partial charge < -0.3 is 14.3 Å². The fourth-order valence-corrected chi connectivity index (χ4v) is 3.39. The van der Waals surface area contributed by atoms with Crippen molar-refractivity contribution in [2.75, 3.05) is 31.1 Å². The van der Waals surface area contributed by atoms with Gasteiger partial charge in [0.05, 0.1) is 5.56 Å². The lowest BCUT2D eigenvalue weighted by atomic mass is 10.1. The Labute approximate surface area is 170 Å². The monoisotopic (exact) mass is 416 g/mol. The van der Waals surface area contributed by atoms with Gasteiger partial charge in [0.15, 0.2) is 0 Å². The molecule has 0 radical (unpaired) electrons. The molecule has 156 valence electrons. The molecule has 2 heterocycles. The maximum Gasteiger partial charge on any atom is 0.416 e. The number of alkyl halides is 3. The summed E-state index contributed by atoms with van der Waals surface area (Å²) in [6, 6.07) is 12.1. The van der Waals surface area contributed by atoms with Crippen LogP contribution in [0.3, 0.4) is 0 Å². The van der Waals surface area contributed by atoms with Crippen molar-refractivity contribution in [2.45, 2.75) is 13.1 Å². The van der Waals surface area contributed by atoms with E-state index in [9.17, 15) is 18.0 Å². The summed E-state index contributed by atoms with van der Waals surface area (Å²) < 4.78 is 43.1. The third-order valence-electron chi connectivity index (χ3n) is 5.04. The highest BCUT2D eigenvalue weighted by atomic mass is 19.4. The van der Waals surface area contributed by atoms with Crippen LogP contribution in [0.5, 0.6) is 0 Å². The summed E-state index contributed by atoms with van der Waals surface area (Å²) in [6.07, 6.45) is -4.35. The van der Waals surface area contributed by atoms with Crippen molar-refractivity contribution in [1.82, 2.24) is 15.0 Å². The van der Waals surface area contributed by atoms with Crippen molar-refractivity contribution in [3.63, 3.8) is 0 Å². The van der Waals surface area contributed by atoms with Gasteiger partial charge in [-0.15, -0.1) is 0 Å². The number of aromatic nitrogens is 2. The van der Waals surface area contributed by atoms with Gasteiger partial charge >= 0.3 is 6.18 Å². The normalized spacial score (nSPS) is 14.8. The Morgan fingerprint density at radius 3 is 2.13 bits per heavy atom. The van der Waals surface area contributed by atoms with Gasteiger partial charge in [0, 0.05) is 49.9 Å². The molecule has 4 rings (SSSR count). The Hall–Kier alpha value is -3.36. The quantitative estimate of drug-likeness (QED) is 0.645. The van der Waals surface area contributed by atoms with Crippen LogP contribution in [0.1, 0.15) is 21.8 Å². The highest BCUT2D eigenvalue weighted by molar-refractivity contribution is 5.94. The van der Waals surface area contributed by atoms with Gasteiger partial charge in [0.2, 0.25) is 11.7 Å². The van der Waals surface area contributed by atoms with Crippen molar-refractivity contribution in [3.05, 3.63) is 65.5 Å². The summed E-state index contributed by atoms with van der Waals surface area (Å²) in [4.78, 5) is 20.7. The Balaban J connectivity index is 1.37. The first-order valence-electron chi connectivity index (χ1n) is 9.43. The van der Waals surface area contributed by atoms with Gasteiger partial charge in [-0.2, -0.15) is 18.2 Å². The van der Waals surface area contributed by atoms with Gasteiger partial charge in [0.25, 0.3) is 5.91 Å². The Kier molecular flexibility index (Phi) is 5.19. The number of hydrogen-bond donors (Lipinski definition) is 0. The highest BCUT2D eigenvalue weighted by Crippen LogP contribution is 2.30. The van der Waals surface area contributed by atoms with Crippen LogP contribution >= 0.6 is 0 Å². The summed E-state index contributed by atoms with van der Waals surface area (Å²) in [5.41, 5.74) is 1.37. The fraction of sp³-hybridized carbons (Fsp3) is 0.286. The zero-order valence-corrected chi connectivity index (χ0v) is 16.2. The highest BCUT2D eigenvalue weighted by Gasteiger charge is 2.30. The maximum absolute atomic E-state index is 12.8. The lowest BCUT2D eigenvalue weighted by Crippen LogP contribution is -2.48. The number of amides is 1. The molecule has 6 nitrogen and oxygen atoms in total. The minimum atomic E-state index is -4.35. The van der Waals surface area contributed by atoms with Crippen molar-refractivity contribution in [3.8, 4) is 11.4 Å². The lowest BCUT2D eigenvalue weighted by Gasteiger charge is -2.36. The fourth-order valence-electron chi connectivity index (χ4n) is 3.39. The Morgan fingerprint density at radius 1 is 0.967 bits per heavy atom. The Morgan fingerprint density at radius 2 is 1.60 bits per heavy atom. The number of aryl methyl sites for hydroxylation is 1. The van der Waals surface area contributed by atoms with Crippen LogP contribution in [0.25, 0.3) is 11.4 Å². The number of halogens is 3. The van der Waals surface area contributed by atoms with Crippen LogP contribution in [0.15, 0.2) is 53.1 Å². The summed E-state index contributed by atoms with van der Waals surface area (Å²) >= 11 is 0. The van der Waals surface area contributed by atoms with Crippen LogP contribution in [0, 0.1) is 6.92 Å². The van der Waals surface area contributed by atoms with Gasteiger partial charge in [-0.25, -0.2) is 0 Å². The van der Waals surface area contributed by atoms with Gasteiger partial charge in [-0.05, 0) is 36.4 Å². The maximum atomic E-state index is 12.8. The minimum absolute atomic E-state index is 0.0853. The van der Waals surface area contributed by atoms with Crippen LogP contribution < -0.4 is 4.90 Å². The molecule has 0 aliphatic carbocycles. The number of rotatable bonds is 3. The molecule has 9 heteroatoms. The van der Waals surface area contributed by atoms with Crippen molar-refractivity contribution >= 4 is 11.6 Å². The number of carbonyl (C=O) groups is 1. The third kappa shape index (κ3) is 4.14. The van der Waals surface area contributed by atoms with E-state index in [2.05, 4.69) is 10.1 Å². The van der Waals surface area contributed by atoms with Gasteiger partial charge in [0.1, 0.15) is 0 Å². The first-order chi connectivity index (χ1) is 14.3. The molecule has 3 aromatic rings. The molecule has 0 unspecified atom stereocenters. The van der Waals surface area contributed by atoms with E-state index < -0.39 is 11.7 Å². The average Bonchev–Trinajstić information content (AvgIpc) is 3.19. The predicted octanol–water partition coefficient (Wildman–Crippen LogP) is 4.03. The molecule has 1 aromatic heterocycles. The van der Waals surface area contributed by atoms with Gasteiger partial charge in [-0.3, -0.25) is 4.79 Å². The van der Waals surface area contributed by atoms with Crippen molar-refractivity contribution < 1.29 is 22.5 Å². The van der Waals surface area contributed by atoms with Crippen molar-refractivity contribution in [2.24, 2.45) is 0 Å². The molecular weight excluding hydrogens is 397 g/mol. The number of anilines is 1. The van der Waals surface area contributed by atoms with E-state index in [1.807, 2.05) is 4.90 Å². The third-order valence-corrected chi connectivity index (χ3v) is 5.04. The predicted molar refractivity (Wildman–Crippen MR) is 104 cm³/mol. The number of benzene rings is 2. The number of hydrogen-bond acceptors (Lipinski definition) is 5.